The molecule has 1 aromatic carbocycles. The molecule has 134 valence electrons. The molecule has 0 bridgehead atoms. The van der Waals surface area contributed by atoms with Crippen LogP contribution in [0.5, 0.6) is 5.75 Å². The van der Waals surface area contributed by atoms with Gasteiger partial charge in [0.25, 0.3) is 0 Å². The zero-order valence-electron chi connectivity index (χ0n) is 14.5. The van der Waals surface area contributed by atoms with Gasteiger partial charge in [-0.1, -0.05) is 11.6 Å². The van der Waals surface area contributed by atoms with Gasteiger partial charge in [-0.2, -0.15) is 0 Å². The Morgan fingerprint density at radius 2 is 2.20 bits per heavy atom. The first-order valence-corrected chi connectivity index (χ1v) is 8.57. The molecular weight excluding hydrogens is 342 g/mol. The van der Waals surface area contributed by atoms with Gasteiger partial charge in [0.15, 0.2) is 0 Å². The number of pyridine rings is 1. The van der Waals surface area contributed by atoms with Crippen molar-refractivity contribution >= 4 is 28.6 Å². The Morgan fingerprint density at radius 1 is 1.48 bits per heavy atom. The van der Waals surface area contributed by atoms with Crippen LogP contribution in [0.3, 0.4) is 0 Å². The highest BCUT2D eigenvalue weighted by atomic mass is 35.5. The maximum absolute atomic E-state index is 11.8. The van der Waals surface area contributed by atoms with Crippen LogP contribution < -0.4 is 5.32 Å². The molecule has 1 aromatic heterocycles. The summed E-state index contributed by atoms with van der Waals surface area (Å²) >= 11 is 6.29. The minimum Gasteiger partial charge on any atom is -0.505 e. The molecule has 0 unspecified atom stereocenters. The van der Waals surface area contributed by atoms with E-state index in [0.29, 0.717) is 30.2 Å². The van der Waals surface area contributed by atoms with Crippen LogP contribution in [0.15, 0.2) is 24.4 Å². The van der Waals surface area contributed by atoms with Gasteiger partial charge in [-0.25, -0.2) is 4.79 Å². The van der Waals surface area contributed by atoms with Crippen LogP contribution in [0.25, 0.3) is 10.9 Å². The molecular formula is C18H22ClN3O3. The Labute approximate surface area is 151 Å². The predicted molar refractivity (Wildman–Crippen MR) is 96.9 cm³/mol. The lowest BCUT2D eigenvalue weighted by Crippen LogP contribution is -2.59. The number of halogens is 1. The van der Waals surface area contributed by atoms with Crippen LogP contribution in [0.4, 0.5) is 4.79 Å². The van der Waals surface area contributed by atoms with Gasteiger partial charge >= 0.3 is 6.09 Å². The number of benzene rings is 1. The normalized spacial score (nSPS) is 15.8. The van der Waals surface area contributed by atoms with Crippen molar-refractivity contribution in [3.05, 3.63) is 35.0 Å². The largest absolute Gasteiger partial charge is 0.505 e. The van der Waals surface area contributed by atoms with E-state index in [1.807, 2.05) is 26.8 Å². The minimum absolute atomic E-state index is 0.0473. The Hall–Kier alpha value is -2.05. The Balaban J connectivity index is 1.60. The van der Waals surface area contributed by atoms with E-state index in [4.69, 9.17) is 16.3 Å². The number of nitrogens with one attached hydrogen (secondary N) is 1. The second-order valence-electron chi connectivity index (χ2n) is 7.30. The number of carbonyl (C=O) groups excluding carboxylic acids is 1. The smallest absolute Gasteiger partial charge is 0.407 e. The van der Waals surface area contributed by atoms with Crippen molar-refractivity contribution in [1.29, 1.82) is 0 Å². The molecule has 1 fully saturated rings. The van der Waals surface area contributed by atoms with E-state index in [1.165, 1.54) is 0 Å². The van der Waals surface area contributed by atoms with E-state index in [1.54, 1.807) is 18.3 Å². The number of hydrogen-bond donors (Lipinski definition) is 2. The van der Waals surface area contributed by atoms with Crippen LogP contribution in [-0.4, -0.2) is 45.8 Å². The molecule has 2 N–H and O–H groups in total. The highest BCUT2D eigenvalue weighted by molar-refractivity contribution is 6.35. The summed E-state index contributed by atoms with van der Waals surface area (Å²) in [6.07, 6.45) is 1.23. The molecule has 25 heavy (non-hydrogen) atoms. The first-order valence-electron chi connectivity index (χ1n) is 8.20. The number of hydrogen-bond acceptors (Lipinski definition) is 5. The van der Waals surface area contributed by atoms with Gasteiger partial charge in [0.05, 0.1) is 11.1 Å². The van der Waals surface area contributed by atoms with Gasteiger partial charge in [-0.15, -0.1) is 0 Å². The molecule has 1 aliphatic heterocycles. The van der Waals surface area contributed by atoms with Crippen molar-refractivity contribution in [2.45, 2.75) is 39.0 Å². The summed E-state index contributed by atoms with van der Waals surface area (Å²) in [6, 6.07) is 5.44. The van der Waals surface area contributed by atoms with Gasteiger partial charge in [0, 0.05) is 36.8 Å². The molecule has 0 atom stereocenters. The van der Waals surface area contributed by atoms with E-state index in [9.17, 15) is 9.90 Å². The third kappa shape index (κ3) is 4.14. The van der Waals surface area contributed by atoms with Crippen molar-refractivity contribution in [3.63, 3.8) is 0 Å². The third-order valence-corrected chi connectivity index (χ3v) is 4.28. The fraction of sp³-hybridized carbons (Fsp3) is 0.444. The maximum atomic E-state index is 11.8. The summed E-state index contributed by atoms with van der Waals surface area (Å²) in [4.78, 5) is 18.1. The fourth-order valence-corrected chi connectivity index (χ4v) is 3.15. The highest BCUT2D eigenvalue weighted by Crippen LogP contribution is 2.34. The number of aromatic hydroxyl groups is 1. The molecule has 1 aliphatic rings. The Kier molecular flexibility index (Phi) is 4.75. The summed E-state index contributed by atoms with van der Waals surface area (Å²) in [5.41, 5.74) is 0.731. The number of nitrogens with zero attached hydrogens (tertiary/aromatic N) is 2. The number of likely N-dealkylation sites (tertiary alicyclic amines) is 1. The first-order chi connectivity index (χ1) is 11.7. The average Bonchev–Trinajstić information content (AvgIpc) is 2.48. The van der Waals surface area contributed by atoms with Crippen molar-refractivity contribution < 1.29 is 14.6 Å². The number of alkyl carbamates (subject to hydrolysis) is 1. The van der Waals surface area contributed by atoms with Crippen molar-refractivity contribution in [1.82, 2.24) is 15.2 Å². The molecule has 2 aromatic rings. The minimum atomic E-state index is -0.506. The lowest BCUT2D eigenvalue weighted by atomic mass is 10.0. The lowest BCUT2D eigenvalue weighted by molar-refractivity contribution is 0.0391. The first kappa shape index (κ1) is 17.8. The molecule has 0 radical (unpaired) electrons. The van der Waals surface area contributed by atoms with Crippen LogP contribution in [0, 0.1) is 0 Å². The van der Waals surface area contributed by atoms with Crippen molar-refractivity contribution in [3.8, 4) is 5.75 Å². The van der Waals surface area contributed by atoms with Crippen molar-refractivity contribution in [2.75, 3.05) is 13.1 Å². The van der Waals surface area contributed by atoms with Gasteiger partial charge in [0.2, 0.25) is 0 Å². The molecule has 0 aliphatic carbocycles. The summed E-state index contributed by atoms with van der Waals surface area (Å²) in [5.74, 6) is 0.156. The quantitative estimate of drug-likeness (QED) is 0.875. The second kappa shape index (κ2) is 6.69. The number of rotatable bonds is 3. The number of fused-ring (bicyclic) bond motifs is 1. The third-order valence-electron chi connectivity index (χ3n) is 3.97. The number of amides is 1. The number of aromatic nitrogens is 1. The summed E-state index contributed by atoms with van der Waals surface area (Å²) in [5, 5.41) is 14.6. The number of carbonyl (C=O) groups is 1. The zero-order chi connectivity index (χ0) is 18.2. The van der Waals surface area contributed by atoms with Gasteiger partial charge < -0.3 is 15.2 Å². The Morgan fingerprint density at radius 3 is 2.88 bits per heavy atom. The SMILES string of the molecule is CC(C)(C)OC(=O)NC1CN(Cc2cc(Cl)c3cccnc3c2O)C1. The molecule has 1 amide bonds. The standard InChI is InChI=1S/C18H22ClN3O3/c1-18(2,3)25-17(24)21-12-9-22(10-12)8-11-7-14(19)13-5-4-6-20-15(13)16(11)23/h4-7,12,23H,8-10H2,1-3H3,(H,21,24). The van der Waals surface area contributed by atoms with E-state index in [-0.39, 0.29) is 11.8 Å². The van der Waals surface area contributed by atoms with E-state index >= 15 is 0 Å². The topological polar surface area (TPSA) is 74.7 Å². The van der Waals surface area contributed by atoms with Crippen LogP contribution >= 0.6 is 11.6 Å². The molecule has 7 heteroatoms. The number of ether oxygens (including phenoxy) is 1. The second-order valence-corrected chi connectivity index (χ2v) is 7.71. The van der Waals surface area contributed by atoms with Crippen molar-refractivity contribution in [2.24, 2.45) is 0 Å². The highest BCUT2D eigenvalue weighted by Gasteiger charge is 2.30. The fourth-order valence-electron chi connectivity index (χ4n) is 2.86. The van der Waals surface area contributed by atoms with E-state index < -0.39 is 11.7 Å². The zero-order valence-corrected chi connectivity index (χ0v) is 15.3. The Bertz CT molecular complexity index is 798. The molecule has 0 spiro atoms. The molecule has 6 nitrogen and oxygen atoms in total. The van der Waals surface area contributed by atoms with Crippen LogP contribution in [0.2, 0.25) is 5.02 Å². The molecule has 2 heterocycles. The average molecular weight is 364 g/mol. The van der Waals surface area contributed by atoms with E-state index in [0.717, 1.165) is 10.9 Å². The van der Waals surface area contributed by atoms with E-state index in [2.05, 4.69) is 15.2 Å². The van der Waals surface area contributed by atoms with Crippen LogP contribution in [-0.2, 0) is 11.3 Å². The van der Waals surface area contributed by atoms with Gasteiger partial charge in [-0.05, 0) is 39.0 Å². The van der Waals surface area contributed by atoms with Crippen LogP contribution in [0.1, 0.15) is 26.3 Å². The summed E-state index contributed by atoms with van der Waals surface area (Å²) in [7, 11) is 0. The number of phenolic OH excluding ortho intramolecular Hbond substituents is 1. The summed E-state index contributed by atoms with van der Waals surface area (Å²) in [6.45, 7) is 7.43. The lowest BCUT2D eigenvalue weighted by Gasteiger charge is -2.39. The van der Waals surface area contributed by atoms with Gasteiger partial charge in [0.1, 0.15) is 16.9 Å². The van der Waals surface area contributed by atoms with Gasteiger partial charge in [-0.3, -0.25) is 9.88 Å². The summed E-state index contributed by atoms with van der Waals surface area (Å²) < 4.78 is 5.25. The molecule has 0 saturated carbocycles. The number of phenols is 1. The maximum Gasteiger partial charge on any atom is 0.407 e. The monoisotopic (exact) mass is 363 g/mol. The molecule has 3 rings (SSSR count). The predicted octanol–water partition coefficient (Wildman–Crippen LogP) is 3.30. The molecule has 1 saturated heterocycles.